The zero-order valence-corrected chi connectivity index (χ0v) is 21.4. The van der Waals surface area contributed by atoms with Gasteiger partial charge in [-0.2, -0.15) is 5.10 Å². The second-order valence-corrected chi connectivity index (χ2v) is 10.6. The van der Waals surface area contributed by atoms with E-state index in [2.05, 4.69) is 21.5 Å². The van der Waals surface area contributed by atoms with Crippen LogP contribution in [-0.2, 0) is 11.3 Å². The molecule has 8 nitrogen and oxygen atoms in total. The number of benzene rings is 2. The topological polar surface area (TPSA) is 89.3 Å². The monoisotopic (exact) mass is 527 g/mol. The summed E-state index contributed by atoms with van der Waals surface area (Å²) in [6.07, 6.45) is 8.18. The van der Waals surface area contributed by atoms with E-state index in [0.717, 1.165) is 52.7 Å². The van der Waals surface area contributed by atoms with Gasteiger partial charge in [0.05, 0.1) is 36.2 Å². The first-order chi connectivity index (χ1) is 18.6. The van der Waals surface area contributed by atoms with Crippen LogP contribution in [0.4, 0.5) is 10.5 Å². The Labute approximate surface area is 224 Å². The second-order valence-electron chi connectivity index (χ2n) is 10.2. The molecule has 1 saturated carbocycles. The lowest BCUT2D eigenvalue weighted by atomic mass is 9.73. The molecule has 2 aliphatic heterocycles. The molecule has 1 saturated heterocycles. The minimum absolute atomic E-state index is 0.0814. The number of anilines is 1. The van der Waals surface area contributed by atoms with Gasteiger partial charge in [-0.1, -0.05) is 48.0 Å². The van der Waals surface area contributed by atoms with Crippen LogP contribution in [-0.4, -0.2) is 39.4 Å². The zero-order valence-electron chi connectivity index (χ0n) is 20.6. The first-order valence-electron chi connectivity index (χ1n) is 13.0. The van der Waals surface area contributed by atoms with Crippen LogP contribution < -0.4 is 15.0 Å². The molecule has 3 atom stereocenters. The Hall–Kier alpha value is -3.91. The van der Waals surface area contributed by atoms with Crippen molar-refractivity contribution in [3.8, 4) is 17.0 Å². The van der Waals surface area contributed by atoms with Gasteiger partial charge < -0.3 is 10.1 Å². The molecular weight excluding hydrogens is 502 g/mol. The number of aromatic nitrogens is 3. The van der Waals surface area contributed by atoms with Gasteiger partial charge >= 0.3 is 6.03 Å². The number of hydrogen-bond acceptors (Lipinski definition) is 5. The molecule has 0 spiro atoms. The third-order valence-electron chi connectivity index (χ3n) is 8.08. The number of nitrogens with zero attached hydrogens (tertiary/aromatic N) is 4. The number of fused-ring (bicyclic) bond motifs is 3. The van der Waals surface area contributed by atoms with E-state index in [4.69, 9.17) is 16.3 Å². The van der Waals surface area contributed by atoms with Gasteiger partial charge in [0.1, 0.15) is 0 Å². The van der Waals surface area contributed by atoms with E-state index in [-0.39, 0.29) is 23.8 Å². The molecule has 2 fully saturated rings. The Morgan fingerprint density at radius 2 is 1.89 bits per heavy atom. The normalized spacial score (nSPS) is 23.0. The summed E-state index contributed by atoms with van der Waals surface area (Å²) in [7, 11) is 0. The Morgan fingerprint density at radius 1 is 1.00 bits per heavy atom. The zero-order chi connectivity index (χ0) is 25.8. The van der Waals surface area contributed by atoms with Crippen molar-refractivity contribution >= 4 is 40.0 Å². The van der Waals surface area contributed by atoms with Crippen molar-refractivity contribution in [3.63, 3.8) is 0 Å². The molecule has 38 heavy (non-hydrogen) atoms. The van der Waals surface area contributed by atoms with Crippen LogP contribution in [0.5, 0.6) is 5.88 Å². The molecule has 1 N–H and O–H groups in total. The van der Waals surface area contributed by atoms with Crippen LogP contribution in [0.15, 0.2) is 61.1 Å². The molecule has 192 valence electrons. The highest BCUT2D eigenvalue weighted by Gasteiger charge is 2.46. The number of hydrogen-bond donors (Lipinski definition) is 1. The van der Waals surface area contributed by atoms with Crippen LogP contribution >= 0.6 is 11.6 Å². The highest BCUT2D eigenvalue weighted by Crippen LogP contribution is 2.46. The summed E-state index contributed by atoms with van der Waals surface area (Å²) in [6.45, 7) is 1.49. The number of halogens is 1. The summed E-state index contributed by atoms with van der Waals surface area (Å²) >= 11 is 6.82. The molecule has 3 unspecified atom stereocenters. The number of aryl methyl sites for hydroxylation is 1. The van der Waals surface area contributed by atoms with Gasteiger partial charge in [-0.05, 0) is 42.4 Å². The van der Waals surface area contributed by atoms with Crippen LogP contribution in [0.2, 0.25) is 5.02 Å². The highest BCUT2D eigenvalue weighted by atomic mass is 35.5. The van der Waals surface area contributed by atoms with E-state index in [1.54, 1.807) is 12.4 Å². The maximum atomic E-state index is 13.7. The van der Waals surface area contributed by atoms with Crippen LogP contribution in [0.25, 0.3) is 21.9 Å². The van der Waals surface area contributed by atoms with E-state index >= 15 is 0 Å². The van der Waals surface area contributed by atoms with Crippen molar-refractivity contribution in [2.45, 2.75) is 44.2 Å². The van der Waals surface area contributed by atoms with Crippen molar-refractivity contribution in [2.24, 2.45) is 5.92 Å². The summed E-state index contributed by atoms with van der Waals surface area (Å²) in [5, 5.41) is 10.1. The average molecular weight is 528 g/mol. The third kappa shape index (κ3) is 3.66. The number of ether oxygens (including phenoxy) is 1. The lowest BCUT2D eigenvalue weighted by Crippen LogP contribution is -2.61. The molecule has 0 radical (unpaired) electrons. The number of rotatable bonds is 3. The van der Waals surface area contributed by atoms with Crippen LogP contribution in [0, 0.1) is 5.92 Å². The second kappa shape index (κ2) is 9.13. The van der Waals surface area contributed by atoms with Gasteiger partial charge in [0.15, 0.2) is 0 Å². The van der Waals surface area contributed by atoms with Gasteiger partial charge in [0, 0.05) is 41.0 Å². The summed E-state index contributed by atoms with van der Waals surface area (Å²) in [5.74, 6) is 0.377. The minimum Gasteiger partial charge on any atom is -0.477 e. The largest absolute Gasteiger partial charge is 0.477 e. The number of carbonyl (C=O) groups excluding carboxylic acids is 2. The van der Waals surface area contributed by atoms with Gasteiger partial charge in [-0.25, -0.2) is 14.4 Å². The highest BCUT2D eigenvalue weighted by molar-refractivity contribution is 6.32. The van der Waals surface area contributed by atoms with Gasteiger partial charge in [0.25, 0.3) is 0 Å². The molecule has 9 heteroatoms. The lowest BCUT2D eigenvalue weighted by molar-refractivity contribution is -0.124. The average Bonchev–Trinajstić information content (AvgIpc) is 3.37. The van der Waals surface area contributed by atoms with E-state index in [0.29, 0.717) is 30.2 Å². The molecule has 4 heterocycles. The molecule has 7 rings (SSSR count). The van der Waals surface area contributed by atoms with E-state index in [9.17, 15) is 9.59 Å². The van der Waals surface area contributed by atoms with Crippen molar-refractivity contribution in [1.82, 2.24) is 20.1 Å². The fraction of sp³-hybridized carbons (Fsp3) is 0.310. The molecular formula is C29H26ClN5O3. The predicted molar refractivity (Wildman–Crippen MR) is 144 cm³/mol. The number of carbonyl (C=O) groups is 2. The fourth-order valence-electron chi connectivity index (χ4n) is 6.32. The van der Waals surface area contributed by atoms with E-state index < -0.39 is 6.03 Å². The van der Waals surface area contributed by atoms with Crippen LogP contribution in [0.1, 0.15) is 37.2 Å². The standard InChI is InChI=1S/C29H26ClN5O3/c30-23-8-3-7-20(22-15-32-34-11-4-12-38-28(22)34)26(23)17-9-10-21-24(13-17)33-29(37)35(27(21)36)25-16-31-14-18-5-1-2-6-19(18)25/h1-3,5-8,14-17,21,24H,4,9-13H2,(H,33,37). The molecule has 3 aliphatic rings. The number of imide groups is 1. The third-order valence-corrected chi connectivity index (χ3v) is 8.41. The molecule has 1 aliphatic carbocycles. The molecule has 2 aromatic carbocycles. The number of nitrogens with one attached hydrogen (secondary N) is 1. The Kier molecular flexibility index (Phi) is 5.58. The van der Waals surface area contributed by atoms with Gasteiger partial charge in [-0.3, -0.25) is 9.78 Å². The Bertz CT molecular complexity index is 1580. The van der Waals surface area contributed by atoms with Crippen molar-refractivity contribution in [1.29, 1.82) is 0 Å². The maximum absolute atomic E-state index is 13.7. The van der Waals surface area contributed by atoms with E-state index in [1.807, 2.05) is 47.3 Å². The first kappa shape index (κ1) is 23.2. The SMILES string of the molecule is O=C1NC2CC(c3c(Cl)cccc3-c3cnn4c3OCCC4)CCC2C(=O)N1c1cncc2ccccc12. The van der Waals surface area contributed by atoms with E-state index in [1.165, 1.54) is 4.90 Å². The number of pyridine rings is 1. The Morgan fingerprint density at radius 3 is 2.82 bits per heavy atom. The predicted octanol–water partition coefficient (Wildman–Crippen LogP) is 5.54. The summed E-state index contributed by atoms with van der Waals surface area (Å²) in [4.78, 5) is 32.6. The van der Waals surface area contributed by atoms with Crippen LogP contribution in [0.3, 0.4) is 0 Å². The number of urea groups is 1. The number of amides is 3. The van der Waals surface area contributed by atoms with Gasteiger partial charge in [-0.15, -0.1) is 0 Å². The lowest BCUT2D eigenvalue weighted by Gasteiger charge is -2.43. The molecule has 0 bridgehead atoms. The first-order valence-corrected chi connectivity index (χ1v) is 13.4. The summed E-state index contributed by atoms with van der Waals surface area (Å²) < 4.78 is 7.87. The minimum atomic E-state index is -0.409. The van der Waals surface area contributed by atoms with Crippen molar-refractivity contribution in [3.05, 3.63) is 71.6 Å². The Balaban J connectivity index is 1.20. The maximum Gasteiger partial charge on any atom is 0.329 e. The molecule has 4 aromatic rings. The van der Waals surface area contributed by atoms with Gasteiger partial charge in [0.2, 0.25) is 11.8 Å². The summed E-state index contributed by atoms with van der Waals surface area (Å²) in [6, 6.07) is 12.9. The summed E-state index contributed by atoms with van der Waals surface area (Å²) in [5.41, 5.74) is 3.48. The fourth-order valence-corrected chi connectivity index (χ4v) is 6.65. The smallest absolute Gasteiger partial charge is 0.329 e. The van der Waals surface area contributed by atoms with Crippen molar-refractivity contribution < 1.29 is 14.3 Å². The molecule has 2 aromatic heterocycles. The quantitative estimate of drug-likeness (QED) is 0.377. The van der Waals surface area contributed by atoms with Crippen molar-refractivity contribution in [2.75, 3.05) is 11.5 Å². The molecule has 3 amide bonds.